The van der Waals surface area contributed by atoms with Crippen LogP contribution in [0.4, 0.5) is 11.5 Å². The van der Waals surface area contributed by atoms with Crippen molar-refractivity contribution in [1.29, 1.82) is 0 Å². The molecule has 0 saturated heterocycles. The Kier molecular flexibility index (Phi) is 4.19. The van der Waals surface area contributed by atoms with E-state index < -0.39 is 6.10 Å². The van der Waals surface area contributed by atoms with Gasteiger partial charge in [-0.1, -0.05) is 6.07 Å². The molecule has 0 fully saturated rings. The number of aliphatic hydroxyl groups excluding tert-OH is 2. The molecule has 0 aliphatic carbocycles. The molecule has 0 unspecified atom stereocenters. The molecule has 7 nitrogen and oxygen atoms in total. The Morgan fingerprint density at radius 1 is 1.32 bits per heavy atom. The van der Waals surface area contributed by atoms with E-state index in [0.29, 0.717) is 5.82 Å². The largest absolute Gasteiger partial charge is 0.394 e. The van der Waals surface area contributed by atoms with E-state index in [2.05, 4.69) is 20.2 Å². The summed E-state index contributed by atoms with van der Waals surface area (Å²) < 4.78 is 0. The van der Waals surface area contributed by atoms with E-state index >= 15 is 0 Å². The zero-order valence-corrected chi connectivity index (χ0v) is 12.3. The van der Waals surface area contributed by atoms with Gasteiger partial charge in [0.15, 0.2) is 0 Å². The van der Waals surface area contributed by atoms with Crippen molar-refractivity contribution in [3.8, 4) is 0 Å². The number of anilines is 2. The zero-order valence-electron chi connectivity index (χ0n) is 11.5. The number of H-pyrrole nitrogens is 1. The van der Waals surface area contributed by atoms with Crippen LogP contribution in [-0.2, 0) is 0 Å². The van der Waals surface area contributed by atoms with Crippen molar-refractivity contribution in [2.75, 3.05) is 18.1 Å². The van der Waals surface area contributed by atoms with Gasteiger partial charge in [0.25, 0.3) is 0 Å². The summed E-state index contributed by atoms with van der Waals surface area (Å²) in [5.74, 6) is 0.529. The molecule has 0 saturated carbocycles. The first-order chi connectivity index (χ1) is 10.7. The summed E-state index contributed by atoms with van der Waals surface area (Å²) in [5.41, 5.74) is 1.66. The van der Waals surface area contributed by atoms with Crippen LogP contribution in [0, 0.1) is 0 Å². The summed E-state index contributed by atoms with van der Waals surface area (Å²) in [6.07, 6.45) is 2.32. The molecule has 2 aromatic heterocycles. The minimum Gasteiger partial charge on any atom is -0.394 e. The van der Waals surface area contributed by atoms with Crippen molar-refractivity contribution in [3.05, 3.63) is 41.9 Å². The minimum absolute atomic E-state index is 0.111. The third-order valence-electron chi connectivity index (χ3n) is 3.24. The van der Waals surface area contributed by atoms with E-state index in [1.165, 1.54) is 0 Å². The molecule has 22 heavy (non-hydrogen) atoms. The van der Waals surface area contributed by atoms with Gasteiger partial charge in [-0.3, -0.25) is 5.10 Å². The molecule has 1 atom stereocenters. The zero-order chi connectivity index (χ0) is 15.5. The maximum absolute atomic E-state index is 9.85. The first kappa shape index (κ1) is 14.7. The second-order valence-electron chi connectivity index (χ2n) is 4.74. The number of aromatic nitrogens is 4. The number of benzene rings is 1. The smallest absolute Gasteiger partial charge is 0.224 e. The fourth-order valence-electron chi connectivity index (χ4n) is 2.25. The van der Waals surface area contributed by atoms with E-state index in [4.69, 9.17) is 16.7 Å². The van der Waals surface area contributed by atoms with Crippen LogP contribution in [0.1, 0.15) is 0 Å². The van der Waals surface area contributed by atoms with E-state index in [1.54, 1.807) is 23.4 Å². The van der Waals surface area contributed by atoms with Crippen LogP contribution in [0.5, 0.6) is 0 Å². The number of aliphatic hydroxyl groups is 2. The van der Waals surface area contributed by atoms with Crippen LogP contribution < -0.4 is 4.90 Å². The highest BCUT2D eigenvalue weighted by Gasteiger charge is 2.18. The van der Waals surface area contributed by atoms with Crippen molar-refractivity contribution in [2.45, 2.75) is 6.10 Å². The van der Waals surface area contributed by atoms with Crippen molar-refractivity contribution < 1.29 is 10.2 Å². The third kappa shape index (κ3) is 2.87. The number of nitrogens with one attached hydrogen (secondary N) is 1. The lowest BCUT2D eigenvalue weighted by Gasteiger charge is -2.26. The summed E-state index contributed by atoms with van der Waals surface area (Å²) >= 11 is 5.86. The van der Waals surface area contributed by atoms with Gasteiger partial charge >= 0.3 is 0 Å². The Bertz CT molecular complexity index is 779. The van der Waals surface area contributed by atoms with Gasteiger partial charge in [0, 0.05) is 11.6 Å². The number of hydrogen-bond acceptors (Lipinski definition) is 6. The van der Waals surface area contributed by atoms with Gasteiger partial charge in [0.1, 0.15) is 5.82 Å². The van der Waals surface area contributed by atoms with E-state index in [-0.39, 0.29) is 18.4 Å². The van der Waals surface area contributed by atoms with Crippen LogP contribution in [0.25, 0.3) is 10.9 Å². The monoisotopic (exact) mass is 319 g/mol. The molecule has 3 aromatic rings. The molecule has 0 aliphatic heterocycles. The lowest BCUT2D eigenvalue weighted by Crippen LogP contribution is -2.31. The number of fused-ring (bicyclic) bond motifs is 1. The summed E-state index contributed by atoms with van der Waals surface area (Å²) in [7, 11) is 0. The van der Waals surface area contributed by atoms with E-state index in [9.17, 15) is 5.11 Å². The van der Waals surface area contributed by atoms with Crippen molar-refractivity contribution >= 4 is 34.0 Å². The molecule has 0 amide bonds. The quantitative estimate of drug-likeness (QED) is 0.616. The topological polar surface area (TPSA) is 98.2 Å². The average Bonchev–Trinajstić information content (AvgIpc) is 3.01. The lowest BCUT2D eigenvalue weighted by molar-refractivity contribution is 0.102. The maximum Gasteiger partial charge on any atom is 0.224 e. The molecule has 0 aliphatic rings. The van der Waals surface area contributed by atoms with E-state index in [0.717, 1.165) is 16.6 Å². The van der Waals surface area contributed by atoms with Gasteiger partial charge in [-0.25, -0.2) is 9.97 Å². The van der Waals surface area contributed by atoms with Gasteiger partial charge in [-0.2, -0.15) is 5.10 Å². The molecule has 3 rings (SSSR count). The molecule has 8 heteroatoms. The normalized spacial score (nSPS) is 12.5. The average molecular weight is 320 g/mol. The highest BCUT2D eigenvalue weighted by Crippen LogP contribution is 2.30. The Morgan fingerprint density at radius 2 is 2.18 bits per heavy atom. The molecule has 3 N–H and O–H groups in total. The van der Waals surface area contributed by atoms with Gasteiger partial charge < -0.3 is 15.1 Å². The van der Waals surface area contributed by atoms with Gasteiger partial charge in [0.2, 0.25) is 5.28 Å². The fraction of sp³-hybridized carbons (Fsp3) is 0.214. The Labute approximate surface area is 131 Å². The standard InChI is InChI=1S/C14H14ClN5O2/c15-14-16-5-4-13(18-14)20(7-9(22)8-21)12-3-1-2-11-10(12)6-17-19-11/h1-6,9,21-22H,7-8H2,(H,17,19)/t9-/m1/s1. The van der Waals surface area contributed by atoms with E-state index in [1.807, 2.05) is 18.2 Å². The predicted octanol–water partition coefficient (Wildman–Crippen LogP) is 1.50. The highest BCUT2D eigenvalue weighted by atomic mass is 35.5. The number of halogens is 1. The molecule has 114 valence electrons. The fourth-order valence-corrected chi connectivity index (χ4v) is 2.39. The first-order valence-electron chi connectivity index (χ1n) is 6.66. The molecular weight excluding hydrogens is 306 g/mol. The van der Waals surface area contributed by atoms with Crippen LogP contribution >= 0.6 is 11.6 Å². The minimum atomic E-state index is -0.920. The highest BCUT2D eigenvalue weighted by molar-refractivity contribution is 6.28. The lowest BCUT2D eigenvalue weighted by atomic mass is 10.2. The Balaban J connectivity index is 2.10. The third-order valence-corrected chi connectivity index (χ3v) is 3.43. The molecule has 0 radical (unpaired) electrons. The Morgan fingerprint density at radius 3 is 2.95 bits per heavy atom. The van der Waals surface area contributed by atoms with Crippen LogP contribution in [0.15, 0.2) is 36.7 Å². The van der Waals surface area contributed by atoms with Crippen LogP contribution in [0.2, 0.25) is 5.28 Å². The SMILES string of the molecule is OC[C@H](O)CN(c1ccnc(Cl)n1)c1cccc2[nH]ncc12. The number of aromatic amines is 1. The molecule has 1 aromatic carbocycles. The van der Waals surface area contributed by atoms with Gasteiger partial charge in [0.05, 0.1) is 36.7 Å². The van der Waals surface area contributed by atoms with Crippen molar-refractivity contribution in [1.82, 2.24) is 20.2 Å². The second kappa shape index (κ2) is 6.27. The molecule has 0 bridgehead atoms. The molecule has 2 heterocycles. The molecular formula is C14H14ClN5O2. The van der Waals surface area contributed by atoms with Crippen LogP contribution in [-0.4, -0.2) is 49.6 Å². The summed E-state index contributed by atoms with van der Waals surface area (Å²) in [5, 5.41) is 26.9. The maximum atomic E-state index is 9.85. The summed E-state index contributed by atoms with van der Waals surface area (Å²) in [4.78, 5) is 9.82. The van der Waals surface area contributed by atoms with Crippen molar-refractivity contribution in [3.63, 3.8) is 0 Å². The summed E-state index contributed by atoms with van der Waals surface area (Å²) in [6.45, 7) is -0.190. The first-order valence-corrected chi connectivity index (χ1v) is 7.04. The number of rotatable bonds is 5. The van der Waals surface area contributed by atoms with Gasteiger partial charge in [-0.15, -0.1) is 0 Å². The second-order valence-corrected chi connectivity index (χ2v) is 5.08. The summed E-state index contributed by atoms with van der Waals surface area (Å²) in [6, 6.07) is 7.35. The number of hydrogen-bond donors (Lipinski definition) is 3. The molecule has 0 spiro atoms. The number of nitrogens with zero attached hydrogens (tertiary/aromatic N) is 4. The van der Waals surface area contributed by atoms with Crippen LogP contribution in [0.3, 0.4) is 0 Å². The Hall–Kier alpha value is -2.22. The van der Waals surface area contributed by atoms with Crippen molar-refractivity contribution in [2.24, 2.45) is 0 Å². The predicted molar refractivity (Wildman–Crippen MR) is 83.2 cm³/mol. The van der Waals surface area contributed by atoms with Gasteiger partial charge in [-0.05, 0) is 29.8 Å².